The molecule has 0 unspecified atom stereocenters. The fraction of sp³-hybridized carbons (Fsp3) is 0.364. The maximum Gasteiger partial charge on any atom is 0.316 e. The summed E-state index contributed by atoms with van der Waals surface area (Å²) in [6, 6.07) is 1.41. The molecule has 0 bridgehead atoms. The van der Waals surface area contributed by atoms with Crippen LogP contribution >= 0.6 is 0 Å². The predicted octanol–water partition coefficient (Wildman–Crippen LogP) is 2.11. The number of aryl methyl sites for hydroxylation is 2. The van der Waals surface area contributed by atoms with Crippen molar-refractivity contribution < 1.29 is 9.53 Å². The van der Waals surface area contributed by atoms with Crippen LogP contribution in [0.25, 0.3) is 0 Å². The summed E-state index contributed by atoms with van der Waals surface area (Å²) in [5, 5.41) is 2.57. The molecule has 1 rings (SSSR count). The van der Waals surface area contributed by atoms with E-state index in [4.69, 9.17) is 10.5 Å². The third kappa shape index (κ3) is 2.21. The molecule has 15 heavy (non-hydrogen) atoms. The molecule has 1 aromatic rings. The van der Waals surface area contributed by atoms with Gasteiger partial charge in [0.05, 0.1) is 12.8 Å². The molecule has 0 aliphatic heterocycles. The number of urea groups is 1. The lowest BCUT2D eigenvalue weighted by Crippen LogP contribution is -2.20. The van der Waals surface area contributed by atoms with Crippen LogP contribution in [0.15, 0.2) is 6.07 Å². The lowest BCUT2D eigenvalue weighted by molar-refractivity contribution is 0.259. The van der Waals surface area contributed by atoms with Gasteiger partial charge in [-0.2, -0.15) is 0 Å². The third-order valence-electron chi connectivity index (χ3n) is 2.44. The van der Waals surface area contributed by atoms with Gasteiger partial charge in [0.15, 0.2) is 0 Å². The number of methoxy groups -OCH3 is 1. The van der Waals surface area contributed by atoms with Crippen LogP contribution < -0.4 is 15.8 Å². The Morgan fingerprint density at radius 1 is 1.33 bits per heavy atom. The molecule has 0 radical (unpaired) electrons. The van der Waals surface area contributed by atoms with Crippen molar-refractivity contribution >= 4 is 11.7 Å². The zero-order valence-corrected chi connectivity index (χ0v) is 9.47. The van der Waals surface area contributed by atoms with Crippen molar-refractivity contribution in [2.24, 2.45) is 5.73 Å². The quantitative estimate of drug-likeness (QED) is 0.781. The molecule has 2 amide bonds. The molecule has 0 fully saturated rings. The monoisotopic (exact) mass is 208 g/mol. The second kappa shape index (κ2) is 4.21. The van der Waals surface area contributed by atoms with Gasteiger partial charge in [-0.05, 0) is 37.5 Å². The van der Waals surface area contributed by atoms with Gasteiger partial charge in [-0.3, -0.25) is 0 Å². The zero-order valence-electron chi connectivity index (χ0n) is 9.47. The number of primary amides is 1. The van der Waals surface area contributed by atoms with Crippen molar-refractivity contribution in [1.82, 2.24) is 0 Å². The van der Waals surface area contributed by atoms with Gasteiger partial charge in [0.2, 0.25) is 0 Å². The molecule has 0 spiro atoms. The highest BCUT2D eigenvalue weighted by molar-refractivity contribution is 5.91. The minimum Gasteiger partial charge on any atom is -0.494 e. The number of rotatable bonds is 2. The summed E-state index contributed by atoms with van der Waals surface area (Å²) in [5.74, 6) is 0.673. The van der Waals surface area contributed by atoms with Crippen LogP contribution in [-0.2, 0) is 0 Å². The van der Waals surface area contributed by atoms with Crippen LogP contribution in [-0.4, -0.2) is 13.1 Å². The molecular formula is C11H16N2O2. The lowest BCUT2D eigenvalue weighted by Gasteiger charge is -2.16. The number of nitrogens with two attached hydrogens (primary N) is 1. The van der Waals surface area contributed by atoms with E-state index >= 15 is 0 Å². The average Bonchev–Trinajstić information content (AvgIpc) is 2.14. The Bertz CT molecular complexity index is 400. The highest BCUT2D eigenvalue weighted by atomic mass is 16.5. The second-order valence-electron chi connectivity index (χ2n) is 3.53. The van der Waals surface area contributed by atoms with Crippen molar-refractivity contribution in [3.63, 3.8) is 0 Å². The second-order valence-corrected chi connectivity index (χ2v) is 3.53. The molecule has 0 aliphatic carbocycles. The normalized spacial score (nSPS) is 9.87. The maximum absolute atomic E-state index is 10.8. The van der Waals surface area contributed by atoms with Gasteiger partial charge in [0.25, 0.3) is 0 Å². The first kappa shape index (κ1) is 11.4. The molecule has 0 aliphatic rings. The van der Waals surface area contributed by atoms with Crippen molar-refractivity contribution in [1.29, 1.82) is 0 Å². The van der Waals surface area contributed by atoms with Gasteiger partial charge < -0.3 is 15.8 Å². The van der Waals surface area contributed by atoms with E-state index in [1.54, 1.807) is 7.11 Å². The minimum atomic E-state index is -0.584. The van der Waals surface area contributed by atoms with E-state index in [0.29, 0.717) is 11.4 Å². The first-order valence-corrected chi connectivity index (χ1v) is 4.68. The number of carbonyl (C=O) groups excluding carboxylic acids is 1. The van der Waals surface area contributed by atoms with Crippen LogP contribution in [0.3, 0.4) is 0 Å². The summed E-state index contributed by atoms with van der Waals surface area (Å²) in [6.07, 6.45) is 0. The van der Waals surface area contributed by atoms with Crippen molar-refractivity contribution in [3.8, 4) is 5.75 Å². The van der Waals surface area contributed by atoms with Crippen LogP contribution in [0, 0.1) is 20.8 Å². The molecule has 1 aromatic carbocycles. The smallest absolute Gasteiger partial charge is 0.316 e. The van der Waals surface area contributed by atoms with E-state index in [-0.39, 0.29) is 0 Å². The highest BCUT2D eigenvalue weighted by Gasteiger charge is 2.13. The van der Waals surface area contributed by atoms with E-state index in [1.165, 1.54) is 0 Å². The number of carbonyl (C=O) groups is 1. The Morgan fingerprint density at radius 2 is 1.93 bits per heavy atom. The minimum absolute atomic E-state index is 0.584. The Kier molecular flexibility index (Phi) is 3.19. The molecule has 0 atom stereocenters. The van der Waals surface area contributed by atoms with Gasteiger partial charge >= 0.3 is 6.03 Å². The summed E-state index contributed by atoms with van der Waals surface area (Å²) in [5.41, 5.74) is 8.82. The van der Waals surface area contributed by atoms with Gasteiger partial charge in [0, 0.05) is 0 Å². The Hall–Kier alpha value is -1.71. The van der Waals surface area contributed by atoms with E-state index < -0.39 is 6.03 Å². The van der Waals surface area contributed by atoms with Gasteiger partial charge in [-0.25, -0.2) is 4.79 Å². The Balaban J connectivity index is 3.35. The number of anilines is 1. The fourth-order valence-electron chi connectivity index (χ4n) is 1.58. The largest absolute Gasteiger partial charge is 0.494 e. The average molecular weight is 208 g/mol. The van der Waals surface area contributed by atoms with Crippen LogP contribution in [0.2, 0.25) is 0 Å². The molecule has 3 N–H and O–H groups in total. The molecule has 0 saturated carbocycles. The first-order valence-electron chi connectivity index (χ1n) is 4.68. The molecule has 0 aromatic heterocycles. The van der Waals surface area contributed by atoms with Gasteiger partial charge in [-0.1, -0.05) is 6.07 Å². The fourth-order valence-corrected chi connectivity index (χ4v) is 1.58. The Morgan fingerprint density at radius 3 is 2.40 bits per heavy atom. The third-order valence-corrected chi connectivity index (χ3v) is 2.44. The lowest BCUT2D eigenvalue weighted by atomic mass is 10.0. The van der Waals surface area contributed by atoms with E-state index in [2.05, 4.69) is 5.32 Å². The summed E-state index contributed by atoms with van der Waals surface area (Å²) in [6.45, 7) is 5.85. The van der Waals surface area contributed by atoms with E-state index in [9.17, 15) is 4.79 Å². The number of ether oxygens (including phenoxy) is 1. The van der Waals surface area contributed by atoms with Crippen molar-refractivity contribution in [2.75, 3.05) is 12.4 Å². The number of hydrogen-bond donors (Lipinski definition) is 2. The van der Waals surface area contributed by atoms with Crippen LogP contribution in [0.4, 0.5) is 10.5 Å². The number of hydrogen-bond acceptors (Lipinski definition) is 2. The van der Waals surface area contributed by atoms with Crippen LogP contribution in [0.1, 0.15) is 16.7 Å². The zero-order chi connectivity index (χ0) is 11.6. The van der Waals surface area contributed by atoms with Gasteiger partial charge in [-0.15, -0.1) is 0 Å². The summed E-state index contributed by atoms with van der Waals surface area (Å²) in [4.78, 5) is 10.8. The predicted molar refractivity (Wildman–Crippen MR) is 60.4 cm³/mol. The topological polar surface area (TPSA) is 64.3 Å². The van der Waals surface area contributed by atoms with Crippen molar-refractivity contribution in [3.05, 3.63) is 22.8 Å². The molecule has 0 saturated heterocycles. The molecular weight excluding hydrogens is 192 g/mol. The number of amides is 2. The highest BCUT2D eigenvalue weighted by Crippen LogP contribution is 2.33. The molecule has 4 nitrogen and oxygen atoms in total. The molecule has 0 heterocycles. The number of nitrogens with one attached hydrogen (secondary N) is 1. The number of benzene rings is 1. The van der Waals surface area contributed by atoms with Crippen LogP contribution in [0.5, 0.6) is 5.75 Å². The van der Waals surface area contributed by atoms with E-state index in [1.807, 2.05) is 26.8 Å². The summed E-state index contributed by atoms with van der Waals surface area (Å²) in [7, 11) is 1.58. The SMILES string of the molecule is COc1c(C)c(C)cc(C)c1NC(N)=O. The maximum atomic E-state index is 10.8. The summed E-state index contributed by atoms with van der Waals surface area (Å²) >= 11 is 0. The van der Waals surface area contributed by atoms with Crippen molar-refractivity contribution in [2.45, 2.75) is 20.8 Å². The standard InChI is InChI=1S/C11H16N2O2/c1-6-5-7(2)9(13-11(12)14)10(15-4)8(6)3/h5H,1-4H3,(H3,12,13,14). The van der Waals surface area contributed by atoms with E-state index in [0.717, 1.165) is 16.7 Å². The first-order chi connectivity index (χ1) is 6.97. The molecule has 4 heteroatoms. The molecule has 82 valence electrons. The summed E-state index contributed by atoms with van der Waals surface area (Å²) < 4.78 is 5.27. The van der Waals surface area contributed by atoms with Gasteiger partial charge in [0.1, 0.15) is 5.75 Å². The Labute approximate surface area is 89.4 Å².